The van der Waals surface area contributed by atoms with Gasteiger partial charge in [-0.3, -0.25) is 0 Å². The number of nitrogens with zero attached hydrogens (tertiary/aromatic N) is 1. The van der Waals surface area contributed by atoms with Gasteiger partial charge in [0, 0.05) is 18.6 Å². The molecule has 2 saturated carbocycles. The lowest BCUT2D eigenvalue weighted by Gasteiger charge is -2.28. The highest BCUT2D eigenvalue weighted by Crippen LogP contribution is 2.48. The first-order valence-electron chi connectivity index (χ1n) is 8.14. The Bertz CT molecular complexity index is 269. The van der Waals surface area contributed by atoms with Gasteiger partial charge in [-0.15, -0.1) is 0 Å². The van der Waals surface area contributed by atoms with Crippen LogP contribution in [0.25, 0.3) is 0 Å². The molecule has 0 aromatic heterocycles. The Morgan fingerprint density at radius 2 is 2.05 bits per heavy atom. The van der Waals surface area contributed by atoms with Crippen LogP contribution in [0.4, 0.5) is 0 Å². The standard InChI is InChI=1S/C16H32N2O/c1-12(2)17-16(11-19)6-7-18(3)10-15-9-13-4-5-14(15)8-13/h12-17,19H,4-11H2,1-3H3. The van der Waals surface area contributed by atoms with Crippen molar-refractivity contribution in [1.29, 1.82) is 0 Å². The van der Waals surface area contributed by atoms with Gasteiger partial charge in [-0.25, -0.2) is 0 Å². The van der Waals surface area contributed by atoms with E-state index in [-0.39, 0.29) is 12.6 Å². The quantitative estimate of drug-likeness (QED) is 0.708. The van der Waals surface area contributed by atoms with E-state index < -0.39 is 0 Å². The largest absolute Gasteiger partial charge is 0.395 e. The third-order valence-corrected chi connectivity index (χ3v) is 5.08. The van der Waals surface area contributed by atoms with Crippen LogP contribution in [0.3, 0.4) is 0 Å². The average molecular weight is 268 g/mol. The highest BCUT2D eigenvalue weighted by Gasteiger charge is 2.39. The van der Waals surface area contributed by atoms with E-state index >= 15 is 0 Å². The maximum Gasteiger partial charge on any atom is 0.0585 e. The Kier molecular flexibility index (Phi) is 5.67. The summed E-state index contributed by atoms with van der Waals surface area (Å²) in [5.41, 5.74) is 0. The Hall–Kier alpha value is -0.120. The molecule has 2 bridgehead atoms. The van der Waals surface area contributed by atoms with Crippen LogP contribution in [0.5, 0.6) is 0 Å². The number of fused-ring (bicyclic) bond motifs is 2. The molecule has 2 aliphatic rings. The van der Waals surface area contributed by atoms with E-state index in [0.29, 0.717) is 6.04 Å². The molecule has 0 aromatic carbocycles. The van der Waals surface area contributed by atoms with E-state index in [9.17, 15) is 5.11 Å². The minimum absolute atomic E-state index is 0.250. The molecule has 4 unspecified atom stereocenters. The molecule has 112 valence electrons. The van der Waals surface area contributed by atoms with Crippen LogP contribution in [0.1, 0.15) is 46.0 Å². The van der Waals surface area contributed by atoms with Gasteiger partial charge in [0.25, 0.3) is 0 Å². The number of aliphatic hydroxyl groups excluding tert-OH is 1. The second-order valence-corrected chi connectivity index (χ2v) is 7.19. The highest BCUT2D eigenvalue weighted by molar-refractivity contribution is 4.91. The van der Waals surface area contributed by atoms with E-state index in [4.69, 9.17) is 0 Å². The van der Waals surface area contributed by atoms with Crippen molar-refractivity contribution in [3.05, 3.63) is 0 Å². The molecule has 0 saturated heterocycles. The topological polar surface area (TPSA) is 35.5 Å². The van der Waals surface area contributed by atoms with Crippen LogP contribution in [0.15, 0.2) is 0 Å². The lowest BCUT2D eigenvalue weighted by atomic mass is 9.88. The zero-order chi connectivity index (χ0) is 13.8. The molecule has 0 radical (unpaired) electrons. The molecule has 2 rings (SSSR count). The summed E-state index contributed by atoms with van der Waals surface area (Å²) in [6.07, 6.45) is 7.01. The van der Waals surface area contributed by atoms with Crippen LogP contribution >= 0.6 is 0 Å². The zero-order valence-electron chi connectivity index (χ0n) is 12.9. The van der Waals surface area contributed by atoms with Crippen molar-refractivity contribution >= 4 is 0 Å². The van der Waals surface area contributed by atoms with Crippen molar-refractivity contribution in [2.45, 2.75) is 58.0 Å². The molecule has 0 spiro atoms. The molecule has 2 fully saturated rings. The van der Waals surface area contributed by atoms with E-state index in [0.717, 1.165) is 30.7 Å². The number of hydrogen-bond acceptors (Lipinski definition) is 3. The molecule has 19 heavy (non-hydrogen) atoms. The fourth-order valence-corrected chi connectivity index (χ4v) is 4.17. The van der Waals surface area contributed by atoms with E-state index in [1.165, 1.54) is 32.2 Å². The van der Waals surface area contributed by atoms with Gasteiger partial charge < -0.3 is 15.3 Å². The summed E-state index contributed by atoms with van der Waals surface area (Å²) < 4.78 is 0. The Labute approximate surface area is 118 Å². The first-order chi connectivity index (χ1) is 9.08. The third-order valence-electron chi connectivity index (χ3n) is 5.08. The second-order valence-electron chi connectivity index (χ2n) is 7.19. The van der Waals surface area contributed by atoms with Gasteiger partial charge in [0.2, 0.25) is 0 Å². The fourth-order valence-electron chi connectivity index (χ4n) is 4.17. The summed E-state index contributed by atoms with van der Waals surface area (Å²) in [6, 6.07) is 0.704. The Morgan fingerprint density at radius 3 is 2.58 bits per heavy atom. The van der Waals surface area contributed by atoms with Gasteiger partial charge in [0.05, 0.1) is 6.61 Å². The summed E-state index contributed by atoms with van der Waals surface area (Å²) in [4.78, 5) is 2.48. The predicted molar refractivity (Wildman–Crippen MR) is 80.2 cm³/mol. The van der Waals surface area contributed by atoms with Crippen molar-refractivity contribution in [2.24, 2.45) is 17.8 Å². The molecule has 2 N–H and O–H groups in total. The van der Waals surface area contributed by atoms with Crippen molar-refractivity contribution in [3.63, 3.8) is 0 Å². The maximum atomic E-state index is 9.38. The number of aliphatic hydroxyl groups is 1. The van der Waals surface area contributed by atoms with E-state index in [1.54, 1.807) is 0 Å². The average Bonchev–Trinajstić information content (AvgIpc) is 2.96. The van der Waals surface area contributed by atoms with Crippen molar-refractivity contribution in [2.75, 3.05) is 26.7 Å². The Balaban J connectivity index is 1.65. The number of nitrogens with one attached hydrogen (secondary N) is 1. The number of rotatable bonds is 8. The molecule has 2 aliphatic carbocycles. The molecule has 3 nitrogen and oxygen atoms in total. The van der Waals surface area contributed by atoms with Gasteiger partial charge >= 0.3 is 0 Å². The van der Waals surface area contributed by atoms with Crippen LogP contribution in [-0.4, -0.2) is 48.8 Å². The van der Waals surface area contributed by atoms with E-state index in [1.807, 2.05) is 0 Å². The van der Waals surface area contributed by atoms with Crippen molar-refractivity contribution < 1.29 is 5.11 Å². The van der Waals surface area contributed by atoms with Crippen LogP contribution in [0.2, 0.25) is 0 Å². The van der Waals surface area contributed by atoms with Gasteiger partial charge in [-0.2, -0.15) is 0 Å². The normalized spacial score (nSPS) is 31.6. The van der Waals surface area contributed by atoms with Crippen LogP contribution in [-0.2, 0) is 0 Å². The third kappa shape index (κ3) is 4.44. The fraction of sp³-hybridized carbons (Fsp3) is 1.00. The molecule has 4 atom stereocenters. The summed E-state index contributed by atoms with van der Waals surface area (Å²) in [6.45, 7) is 6.89. The highest BCUT2D eigenvalue weighted by atomic mass is 16.3. The smallest absolute Gasteiger partial charge is 0.0585 e. The first-order valence-corrected chi connectivity index (χ1v) is 8.14. The lowest BCUT2D eigenvalue weighted by Crippen LogP contribution is -2.40. The lowest BCUT2D eigenvalue weighted by molar-refractivity contribution is 0.187. The van der Waals surface area contributed by atoms with Gasteiger partial charge in [-0.1, -0.05) is 20.3 Å². The minimum Gasteiger partial charge on any atom is -0.395 e. The van der Waals surface area contributed by atoms with Crippen molar-refractivity contribution in [1.82, 2.24) is 10.2 Å². The summed E-state index contributed by atoms with van der Waals surface area (Å²) in [5.74, 6) is 3.03. The van der Waals surface area contributed by atoms with Gasteiger partial charge in [0.15, 0.2) is 0 Å². The predicted octanol–water partition coefficient (Wildman–Crippen LogP) is 2.10. The van der Waals surface area contributed by atoms with Gasteiger partial charge in [-0.05, 0) is 57.0 Å². The molecule has 0 amide bonds. The molecule has 0 aliphatic heterocycles. The zero-order valence-corrected chi connectivity index (χ0v) is 12.9. The second kappa shape index (κ2) is 7.05. The SMILES string of the molecule is CC(C)NC(CO)CCN(C)CC1CC2CCC1C2. The number of hydrogen-bond donors (Lipinski definition) is 2. The summed E-state index contributed by atoms with van der Waals surface area (Å²) in [7, 11) is 2.25. The first kappa shape index (κ1) is 15.3. The molecular formula is C16H32N2O. The molecule has 0 aromatic rings. The van der Waals surface area contributed by atoms with E-state index in [2.05, 4.69) is 31.1 Å². The minimum atomic E-state index is 0.250. The molecule has 3 heteroatoms. The Morgan fingerprint density at radius 1 is 1.26 bits per heavy atom. The molecular weight excluding hydrogens is 236 g/mol. The maximum absolute atomic E-state index is 9.38. The van der Waals surface area contributed by atoms with Gasteiger partial charge in [0.1, 0.15) is 0 Å². The van der Waals surface area contributed by atoms with Crippen LogP contribution in [0, 0.1) is 17.8 Å². The van der Waals surface area contributed by atoms with Crippen molar-refractivity contribution in [3.8, 4) is 0 Å². The summed E-state index contributed by atoms with van der Waals surface area (Å²) in [5, 5.41) is 12.8. The molecule has 0 heterocycles. The monoisotopic (exact) mass is 268 g/mol. The van der Waals surface area contributed by atoms with Crippen LogP contribution < -0.4 is 5.32 Å². The summed E-state index contributed by atoms with van der Waals surface area (Å²) >= 11 is 0.